The summed E-state index contributed by atoms with van der Waals surface area (Å²) in [5.74, 6) is -4.54. The van der Waals surface area contributed by atoms with E-state index in [9.17, 15) is 22.0 Å². The van der Waals surface area contributed by atoms with E-state index in [1.165, 1.54) is 12.1 Å². The van der Waals surface area contributed by atoms with E-state index >= 15 is 0 Å². The molecule has 0 atom stereocenters. The fraction of sp³-hybridized carbons (Fsp3) is 0.400. The van der Waals surface area contributed by atoms with Crippen LogP contribution in [-0.2, 0) is 6.54 Å². The van der Waals surface area contributed by atoms with Gasteiger partial charge in [0.2, 0.25) is 0 Å². The van der Waals surface area contributed by atoms with Crippen molar-refractivity contribution in [2.45, 2.75) is 18.9 Å². The minimum atomic E-state index is -4.06. The van der Waals surface area contributed by atoms with E-state index in [1.807, 2.05) is 0 Å². The summed E-state index contributed by atoms with van der Waals surface area (Å²) in [5, 5.41) is 2.20. The monoisotopic (exact) mass is 317 g/mol. The Morgan fingerprint density at radius 1 is 1.29 bits per heavy atom. The van der Waals surface area contributed by atoms with Crippen LogP contribution in [0.1, 0.15) is 5.56 Å². The van der Waals surface area contributed by atoms with Gasteiger partial charge < -0.3 is 5.32 Å². The summed E-state index contributed by atoms with van der Waals surface area (Å²) >= 11 is 2.93. The van der Waals surface area contributed by atoms with E-state index in [0.29, 0.717) is 5.56 Å². The molecule has 1 aromatic rings. The summed E-state index contributed by atoms with van der Waals surface area (Å²) in [6.07, 6.45) is -3.70. The minimum Gasteiger partial charge on any atom is -0.307 e. The summed E-state index contributed by atoms with van der Waals surface area (Å²) in [7, 11) is 0. The van der Waals surface area contributed by atoms with Gasteiger partial charge in [-0.3, -0.25) is 0 Å². The second-order valence-electron chi connectivity index (χ2n) is 3.41. The molecule has 0 aliphatic heterocycles. The summed E-state index contributed by atoms with van der Waals surface area (Å²) < 4.78 is 61.7. The molecule has 1 nitrogen and oxygen atoms in total. The maximum absolute atomic E-state index is 12.8. The second-order valence-corrected chi connectivity index (χ2v) is 4.27. The molecule has 0 bridgehead atoms. The van der Waals surface area contributed by atoms with Crippen molar-refractivity contribution in [2.75, 3.05) is 6.54 Å². The number of rotatable bonds is 5. The van der Waals surface area contributed by atoms with Crippen molar-refractivity contribution in [3.05, 3.63) is 34.1 Å². The van der Waals surface area contributed by atoms with Gasteiger partial charge in [-0.1, -0.05) is 6.07 Å². The van der Waals surface area contributed by atoms with Crippen LogP contribution >= 0.6 is 15.9 Å². The number of halogens is 6. The summed E-state index contributed by atoms with van der Waals surface area (Å²) in [6, 6.07) is 3.93. The highest BCUT2D eigenvalue weighted by atomic mass is 79.9. The van der Waals surface area contributed by atoms with Gasteiger partial charge in [-0.2, -0.15) is 8.78 Å². The van der Waals surface area contributed by atoms with Crippen LogP contribution in [0.4, 0.5) is 22.0 Å². The Labute approximate surface area is 103 Å². The third-order valence-corrected chi connectivity index (χ3v) is 2.60. The number of benzene rings is 1. The molecule has 0 aromatic heterocycles. The van der Waals surface area contributed by atoms with Crippen LogP contribution in [0.2, 0.25) is 0 Å². The van der Waals surface area contributed by atoms with Gasteiger partial charge in [0.1, 0.15) is 5.82 Å². The summed E-state index contributed by atoms with van der Waals surface area (Å²) in [5.41, 5.74) is 0.517. The topological polar surface area (TPSA) is 12.0 Å². The highest BCUT2D eigenvalue weighted by molar-refractivity contribution is 9.10. The van der Waals surface area contributed by atoms with E-state index in [-0.39, 0.29) is 11.0 Å². The van der Waals surface area contributed by atoms with Gasteiger partial charge in [0.05, 0.1) is 11.0 Å². The lowest BCUT2D eigenvalue weighted by atomic mass is 10.2. The first-order chi connectivity index (χ1) is 7.83. The smallest absolute Gasteiger partial charge is 0.307 e. The molecule has 1 N–H and O–H groups in total. The highest BCUT2D eigenvalue weighted by Gasteiger charge is 2.39. The van der Waals surface area contributed by atoms with E-state index in [0.717, 1.165) is 6.07 Å². The average Bonchev–Trinajstić information content (AvgIpc) is 2.23. The van der Waals surface area contributed by atoms with Crippen molar-refractivity contribution < 1.29 is 22.0 Å². The molecule has 0 saturated heterocycles. The molecule has 1 rings (SSSR count). The maximum Gasteiger partial charge on any atom is 0.319 e. The van der Waals surface area contributed by atoms with Crippen LogP contribution in [-0.4, -0.2) is 18.9 Å². The fourth-order valence-electron chi connectivity index (χ4n) is 1.10. The predicted octanol–water partition coefficient (Wildman–Crippen LogP) is 3.58. The standard InChI is InChI=1S/C10H9BrF5N/c11-7-3-6(1-2-8(7)12)4-17-5-10(15,16)9(13)14/h1-3,9,17H,4-5H2. The Morgan fingerprint density at radius 2 is 1.94 bits per heavy atom. The zero-order valence-corrected chi connectivity index (χ0v) is 10.1. The van der Waals surface area contributed by atoms with Crippen LogP contribution < -0.4 is 5.32 Å². The summed E-state index contributed by atoms with van der Waals surface area (Å²) in [4.78, 5) is 0. The summed E-state index contributed by atoms with van der Waals surface area (Å²) in [6.45, 7) is -1.17. The van der Waals surface area contributed by atoms with E-state index in [1.54, 1.807) is 0 Å². The third kappa shape index (κ3) is 4.23. The lowest BCUT2D eigenvalue weighted by Gasteiger charge is -2.15. The van der Waals surface area contributed by atoms with Crippen molar-refractivity contribution in [1.82, 2.24) is 5.32 Å². The van der Waals surface area contributed by atoms with E-state index in [4.69, 9.17) is 0 Å². The molecular formula is C10H9BrF5N. The number of hydrogen-bond donors (Lipinski definition) is 1. The quantitative estimate of drug-likeness (QED) is 0.819. The first-order valence-electron chi connectivity index (χ1n) is 4.63. The molecule has 7 heteroatoms. The molecule has 0 fully saturated rings. The normalized spacial score (nSPS) is 12.2. The van der Waals surface area contributed by atoms with Gasteiger partial charge in [-0.15, -0.1) is 0 Å². The van der Waals surface area contributed by atoms with Gasteiger partial charge >= 0.3 is 12.3 Å². The lowest BCUT2D eigenvalue weighted by Crippen LogP contribution is -2.38. The predicted molar refractivity (Wildman–Crippen MR) is 56.8 cm³/mol. The van der Waals surface area contributed by atoms with Crippen molar-refractivity contribution >= 4 is 15.9 Å². The SMILES string of the molecule is Fc1ccc(CNCC(F)(F)C(F)F)cc1Br. The molecule has 17 heavy (non-hydrogen) atoms. The zero-order chi connectivity index (χ0) is 13.1. The van der Waals surface area contributed by atoms with E-state index < -0.39 is 24.7 Å². The van der Waals surface area contributed by atoms with Crippen LogP contribution in [0.5, 0.6) is 0 Å². The average molecular weight is 318 g/mol. The van der Waals surface area contributed by atoms with Gasteiger partial charge in [0.25, 0.3) is 0 Å². The molecule has 0 aliphatic rings. The zero-order valence-electron chi connectivity index (χ0n) is 8.49. The van der Waals surface area contributed by atoms with Crippen molar-refractivity contribution in [3.8, 4) is 0 Å². The first kappa shape index (κ1) is 14.4. The van der Waals surface area contributed by atoms with Crippen LogP contribution in [0.25, 0.3) is 0 Å². The second kappa shape index (κ2) is 5.77. The number of hydrogen-bond acceptors (Lipinski definition) is 1. The molecule has 0 spiro atoms. The van der Waals surface area contributed by atoms with Crippen LogP contribution in [0.3, 0.4) is 0 Å². The van der Waals surface area contributed by atoms with Crippen LogP contribution in [0, 0.1) is 5.82 Å². The number of alkyl halides is 4. The molecular weight excluding hydrogens is 309 g/mol. The van der Waals surface area contributed by atoms with Gasteiger partial charge in [0, 0.05) is 6.54 Å². The molecule has 0 aliphatic carbocycles. The first-order valence-corrected chi connectivity index (χ1v) is 5.43. The van der Waals surface area contributed by atoms with Gasteiger partial charge in [-0.25, -0.2) is 13.2 Å². The number of nitrogens with one attached hydrogen (secondary N) is 1. The van der Waals surface area contributed by atoms with Crippen LogP contribution in [0.15, 0.2) is 22.7 Å². The van der Waals surface area contributed by atoms with Crippen molar-refractivity contribution in [3.63, 3.8) is 0 Å². The van der Waals surface area contributed by atoms with E-state index in [2.05, 4.69) is 21.2 Å². The molecule has 96 valence electrons. The molecule has 0 unspecified atom stereocenters. The Kier molecular flexibility index (Phi) is 4.88. The minimum absolute atomic E-state index is 0.0405. The van der Waals surface area contributed by atoms with Crippen molar-refractivity contribution in [2.24, 2.45) is 0 Å². The Morgan fingerprint density at radius 3 is 2.47 bits per heavy atom. The molecule has 0 heterocycles. The highest BCUT2D eigenvalue weighted by Crippen LogP contribution is 2.22. The fourth-order valence-corrected chi connectivity index (χ4v) is 1.53. The Balaban J connectivity index is 2.49. The maximum atomic E-state index is 12.8. The molecule has 0 saturated carbocycles. The lowest BCUT2D eigenvalue weighted by molar-refractivity contribution is -0.125. The van der Waals surface area contributed by atoms with Gasteiger partial charge in [0.15, 0.2) is 0 Å². The molecule has 0 amide bonds. The van der Waals surface area contributed by atoms with Crippen molar-refractivity contribution in [1.29, 1.82) is 0 Å². The largest absolute Gasteiger partial charge is 0.319 e. The molecule has 1 aromatic carbocycles. The third-order valence-electron chi connectivity index (χ3n) is 1.99. The molecule has 0 radical (unpaired) electrons. The van der Waals surface area contributed by atoms with Gasteiger partial charge in [-0.05, 0) is 33.6 Å². The Hall–Kier alpha value is -0.690. The Bertz CT molecular complexity index is 383.